The normalized spacial score (nSPS) is 12.4. The van der Waals surface area contributed by atoms with Gasteiger partial charge in [0, 0.05) is 21.9 Å². The van der Waals surface area contributed by atoms with Crippen molar-refractivity contribution in [3.8, 4) is 55.8 Å². The number of anilines is 3. The molecule has 0 saturated heterocycles. The lowest BCUT2D eigenvalue weighted by Gasteiger charge is -2.34. The third-order valence-electron chi connectivity index (χ3n) is 14.2. The van der Waals surface area contributed by atoms with E-state index in [2.05, 4.69) is 278 Å². The molecule has 0 unspecified atom stereocenters. The lowest BCUT2D eigenvalue weighted by atomic mass is 9.67. The molecule has 11 aromatic carbocycles. The standard InChI is InChI=1S/C67H45N3/c1-6-22-46(23-7-1)49-39-42-64(59(44-49)48-26-10-3-11-27-48)70(63-43-41-53(47-24-8-2-9-25-47)54-32-16-17-34-57(54)63)66-68-62-37-21-19-35-58(62)65(69-66)50-38-40-56-55-33-18-20-36-60(55)67(61(56)45-50,51-28-12-4-13-29-51)52-30-14-5-15-31-52/h1-45H. The molecule has 0 atom stereocenters. The second-order valence-corrected chi connectivity index (χ2v) is 18.0. The Hall–Kier alpha value is -9.18. The van der Waals surface area contributed by atoms with Crippen LogP contribution in [0.5, 0.6) is 0 Å². The summed E-state index contributed by atoms with van der Waals surface area (Å²) in [6.07, 6.45) is 0. The van der Waals surface area contributed by atoms with Crippen LogP contribution in [-0.4, -0.2) is 9.97 Å². The minimum absolute atomic E-state index is 0.563. The molecular formula is C67H45N3. The maximum absolute atomic E-state index is 5.81. The summed E-state index contributed by atoms with van der Waals surface area (Å²) in [5.41, 5.74) is 18.4. The number of hydrogen-bond acceptors (Lipinski definition) is 3. The van der Waals surface area contributed by atoms with Crippen LogP contribution >= 0.6 is 0 Å². The molecule has 0 spiro atoms. The third-order valence-corrected chi connectivity index (χ3v) is 14.2. The lowest BCUT2D eigenvalue weighted by Crippen LogP contribution is -2.28. The van der Waals surface area contributed by atoms with Crippen molar-refractivity contribution in [2.24, 2.45) is 0 Å². The summed E-state index contributed by atoms with van der Waals surface area (Å²) < 4.78 is 0. The topological polar surface area (TPSA) is 29.0 Å². The highest BCUT2D eigenvalue weighted by molar-refractivity contribution is 6.07. The van der Waals surface area contributed by atoms with E-state index in [9.17, 15) is 0 Å². The van der Waals surface area contributed by atoms with Gasteiger partial charge < -0.3 is 0 Å². The van der Waals surface area contributed by atoms with Crippen molar-refractivity contribution in [2.75, 3.05) is 4.90 Å². The van der Waals surface area contributed by atoms with E-state index in [-0.39, 0.29) is 0 Å². The van der Waals surface area contributed by atoms with E-state index >= 15 is 0 Å². The van der Waals surface area contributed by atoms with Gasteiger partial charge in [-0.3, -0.25) is 4.90 Å². The molecule has 0 radical (unpaired) electrons. The zero-order valence-corrected chi connectivity index (χ0v) is 38.3. The first-order valence-corrected chi connectivity index (χ1v) is 24.0. The van der Waals surface area contributed by atoms with Crippen LogP contribution in [-0.2, 0) is 5.41 Å². The van der Waals surface area contributed by atoms with Crippen LogP contribution in [0.15, 0.2) is 273 Å². The summed E-state index contributed by atoms with van der Waals surface area (Å²) in [6, 6.07) is 98.4. The maximum Gasteiger partial charge on any atom is 0.235 e. The van der Waals surface area contributed by atoms with Gasteiger partial charge in [0.25, 0.3) is 0 Å². The van der Waals surface area contributed by atoms with Crippen LogP contribution in [0.4, 0.5) is 17.3 Å². The number of para-hydroxylation sites is 1. The molecule has 70 heavy (non-hydrogen) atoms. The molecule has 0 aliphatic heterocycles. The van der Waals surface area contributed by atoms with E-state index in [4.69, 9.17) is 9.97 Å². The molecule has 0 fully saturated rings. The molecule has 13 rings (SSSR count). The average Bonchev–Trinajstić information content (AvgIpc) is 3.74. The number of aromatic nitrogens is 2. The fourth-order valence-corrected chi connectivity index (χ4v) is 11.1. The highest BCUT2D eigenvalue weighted by atomic mass is 15.3. The predicted molar refractivity (Wildman–Crippen MR) is 291 cm³/mol. The lowest BCUT2D eigenvalue weighted by molar-refractivity contribution is 0.768. The van der Waals surface area contributed by atoms with Gasteiger partial charge in [-0.2, -0.15) is 0 Å². The Bertz CT molecular complexity index is 3830. The zero-order chi connectivity index (χ0) is 46.4. The van der Waals surface area contributed by atoms with Crippen molar-refractivity contribution in [3.05, 3.63) is 295 Å². The molecule has 328 valence electrons. The van der Waals surface area contributed by atoms with Crippen LogP contribution in [0.25, 0.3) is 77.4 Å². The molecule has 3 heteroatoms. The molecule has 12 aromatic rings. The van der Waals surface area contributed by atoms with Crippen LogP contribution in [0.2, 0.25) is 0 Å². The molecule has 1 heterocycles. The average molecular weight is 892 g/mol. The summed E-state index contributed by atoms with van der Waals surface area (Å²) in [5.74, 6) is 0.581. The first kappa shape index (κ1) is 41.0. The Labute approximate surface area is 408 Å². The fraction of sp³-hybridized carbons (Fsp3) is 0.0149. The summed E-state index contributed by atoms with van der Waals surface area (Å²) in [6.45, 7) is 0. The largest absolute Gasteiger partial charge is 0.278 e. The zero-order valence-electron chi connectivity index (χ0n) is 38.3. The molecule has 0 amide bonds. The molecule has 3 nitrogen and oxygen atoms in total. The van der Waals surface area contributed by atoms with Gasteiger partial charge in [-0.05, 0) is 96.9 Å². The van der Waals surface area contributed by atoms with Gasteiger partial charge >= 0.3 is 0 Å². The van der Waals surface area contributed by atoms with E-state index < -0.39 is 5.41 Å². The smallest absolute Gasteiger partial charge is 0.235 e. The van der Waals surface area contributed by atoms with E-state index in [1.165, 1.54) is 44.5 Å². The summed E-state index contributed by atoms with van der Waals surface area (Å²) in [5, 5.41) is 3.23. The van der Waals surface area contributed by atoms with Crippen molar-refractivity contribution in [3.63, 3.8) is 0 Å². The molecular weight excluding hydrogens is 847 g/mol. The van der Waals surface area contributed by atoms with Crippen LogP contribution in [0.1, 0.15) is 22.3 Å². The minimum atomic E-state index is -0.563. The van der Waals surface area contributed by atoms with E-state index in [0.717, 1.165) is 66.6 Å². The first-order valence-electron chi connectivity index (χ1n) is 24.0. The molecule has 1 aliphatic rings. The Morgan fingerprint density at radius 1 is 0.286 bits per heavy atom. The van der Waals surface area contributed by atoms with E-state index in [0.29, 0.717) is 5.95 Å². The molecule has 1 aromatic heterocycles. The van der Waals surface area contributed by atoms with Gasteiger partial charge in [-0.15, -0.1) is 0 Å². The second kappa shape index (κ2) is 17.2. The molecule has 1 aliphatic carbocycles. The van der Waals surface area contributed by atoms with Crippen molar-refractivity contribution < 1.29 is 0 Å². The molecule has 0 saturated carbocycles. The van der Waals surface area contributed by atoms with Gasteiger partial charge in [-0.1, -0.05) is 243 Å². The number of benzene rings is 11. The first-order chi connectivity index (χ1) is 34.7. The van der Waals surface area contributed by atoms with Crippen molar-refractivity contribution in [1.29, 1.82) is 0 Å². The highest BCUT2D eigenvalue weighted by Gasteiger charge is 2.46. The molecule has 0 N–H and O–H groups in total. The summed E-state index contributed by atoms with van der Waals surface area (Å²) in [7, 11) is 0. The van der Waals surface area contributed by atoms with Gasteiger partial charge in [0.05, 0.1) is 28.0 Å². The monoisotopic (exact) mass is 891 g/mol. The van der Waals surface area contributed by atoms with Crippen molar-refractivity contribution >= 4 is 39.0 Å². The Kier molecular flexibility index (Phi) is 10.1. The van der Waals surface area contributed by atoms with Crippen molar-refractivity contribution in [2.45, 2.75) is 5.41 Å². The highest BCUT2D eigenvalue weighted by Crippen LogP contribution is 2.57. The Balaban J connectivity index is 1.09. The third kappa shape index (κ3) is 6.74. The second-order valence-electron chi connectivity index (χ2n) is 18.0. The number of fused-ring (bicyclic) bond motifs is 5. The maximum atomic E-state index is 5.81. The van der Waals surface area contributed by atoms with Gasteiger partial charge in [0.2, 0.25) is 5.95 Å². The summed E-state index contributed by atoms with van der Waals surface area (Å²) >= 11 is 0. The van der Waals surface area contributed by atoms with E-state index in [1.807, 2.05) is 0 Å². The van der Waals surface area contributed by atoms with E-state index in [1.54, 1.807) is 0 Å². The molecule has 0 bridgehead atoms. The fourth-order valence-electron chi connectivity index (χ4n) is 11.1. The van der Waals surface area contributed by atoms with Crippen LogP contribution in [0.3, 0.4) is 0 Å². The van der Waals surface area contributed by atoms with Gasteiger partial charge in [0.1, 0.15) is 0 Å². The quantitative estimate of drug-likeness (QED) is 0.145. The van der Waals surface area contributed by atoms with Gasteiger partial charge in [0.15, 0.2) is 0 Å². The number of nitrogens with zero attached hydrogens (tertiary/aromatic N) is 3. The number of rotatable bonds is 9. The predicted octanol–water partition coefficient (Wildman–Crippen LogP) is 17.3. The number of hydrogen-bond donors (Lipinski definition) is 0. The Morgan fingerprint density at radius 2 is 0.786 bits per heavy atom. The van der Waals surface area contributed by atoms with Gasteiger partial charge in [-0.25, -0.2) is 9.97 Å². The Morgan fingerprint density at radius 3 is 1.47 bits per heavy atom. The summed E-state index contributed by atoms with van der Waals surface area (Å²) in [4.78, 5) is 13.7. The van der Waals surface area contributed by atoms with Crippen LogP contribution in [0, 0.1) is 0 Å². The van der Waals surface area contributed by atoms with Crippen molar-refractivity contribution in [1.82, 2.24) is 9.97 Å². The SMILES string of the molecule is c1ccc(-c2ccc(N(c3nc(-c4ccc5c(c4)C(c4ccccc4)(c4ccccc4)c4ccccc4-5)c4ccccc4n3)c3ccc(-c4ccccc4)c4ccccc34)c(-c3ccccc3)c2)cc1. The van der Waals surface area contributed by atoms with Crippen LogP contribution < -0.4 is 4.90 Å². The minimum Gasteiger partial charge on any atom is -0.278 e.